The number of hydrogen-bond donors (Lipinski definition) is 0. The highest BCUT2D eigenvalue weighted by Gasteiger charge is 2.35. The molecule has 5 nitrogen and oxygen atoms in total. The van der Waals surface area contributed by atoms with Crippen LogP contribution in [0.2, 0.25) is 0 Å². The molecule has 2 heterocycles. The van der Waals surface area contributed by atoms with Crippen LogP contribution in [0.25, 0.3) is 11.8 Å². The second-order valence-electron chi connectivity index (χ2n) is 7.89. The Hall–Kier alpha value is -3.55. The summed E-state index contributed by atoms with van der Waals surface area (Å²) in [4.78, 5) is 32.5. The normalized spacial score (nSPS) is 15.5. The summed E-state index contributed by atoms with van der Waals surface area (Å²) >= 11 is 4.76. The lowest BCUT2D eigenvalue weighted by atomic mass is 9.93. The van der Waals surface area contributed by atoms with E-state index in [9.17, 15) is 9.59 Å². The van der Waals surface area contributed by atoms with Gasteiger partial charge in [-0.3, -0.25) is 9.36 Å². The Balaban J connectivity index is 1.82. The van der Waals surface area contributed by atoms with Gasteiger partial charge in [0.25, 0.3) is 5.56 Å². The molecule has 3 aromatic carbocycles. The Bertz CT molecular complexity index is 1590. The summed E-state index contributed by atoms with van der Waals surface area (Å²) in [6.07, 6.45) is 1.86. The van der Waals surface area contributed by atoms with Crippen LogP contribution in [-0.4, -0.2) is 17.1 Å². The van der Waals surface area contributed by atoms with Crippen LogP contribution in [0.3, 0.4) is 0 Å². The number of fused-ring (bicyclic) bond motifs is 1. The molecule has 1 aliphatic heterocycles. The molecule has 0 fully saturated rings. The van der Waals surface area contributed by atoms with Gasteiger partial charge in [0.2, 0.25) is 0 Å². The van der Waals surface area contributed by atoms with E-state index in [2.05, 4.69) is 15.9 Å². The zero-order valence-corrected chi connectivity index (χ0v) is 21.3. The van der Waals surface area contributed by atoms with Gasteiger partial charge in [0.05, 0.1) is 28.5 Å². The number of aromatic nitrogens is 1. The molecular weight excluding hydrogens is 524 g/mol. The molecule has 4 aromatic rings. The molecule has 0 unspecified atom stereocenters. The summed E-state index contributed by atoms with van der Waals surface area (Å²) in [6, 6.07) is 26.2. The second-order valence-corrected chi connectivity index (χ2v) is 9.82. The monoisotopic (exact) mass is 544 g/mol. The molecule has 0 saturated heterocycles. The van der Waals surface area contributed by atoms with E-state index < -0.39 is 12.0 Å². The van der Waals surface area contributed by atoms with Gasteiger partial charge in [-0.2, -0.15) is 0 Å². The summed E-state index contributed by atoms with van der Waals surface area (Å²) in [5.74, 6) is -0.480. The van der Waals surface area contributed by atoms with Crippen molar-refractivity contribution >= 4 is 45.0 Å². The molecule has 1 atom stereocenters. The number of hydrogen-bond acceptors (Lipinski definition) is 5. The lowest BCUT2D eigenvalue weighted by Crippen LogP contribution is -2.39. The first-order chi connectivity index (χ1) is 17.1. The van der Waals surface area contributed by atoms with Crippen molar-refractivity contribution in [3.05, 3.63) is 131 Å². The molecule has 0 bridgehead atoms. The minimum atomic E-state index is -0.659. The highest BCUT2D eigenvalue weighted by molar-refractivity contribution is 9.10. The number of carbonyl (C=O) groups is 1. The number of nitrogens with zero attached hydrogens (tertiary/aromatic N) is 2. The van der Waals surface area contributed by atoms with Crippen molar-refractivity contribution in [3.63, 3.8) is 0 Å². The Morgan fingerprint density at radius 2 is 1.69 bits per heavy atom. The van der Waals surface area contributed by atoms with E-state index in [4.69, 9.17) is 9.73 Å². The summed E-state index contributed by atoms with van der Waals surface area (Å²) < 4.78 is 8.60. The minimum absolute atomic E-state index is 0.195. The Kier molecular flexibility index (Phi) is 6.61. The molecule has 0 N–H and O–H groups in total. The number of carbonyl (C=O) groups excluding carboxylic acids is 1. The van der Waals surface area contributed by atoms with Gasteiger partial charge in [-0.15, -0.1) is 0 Å². The molecule has 0 amide bonds. The van der Waals surface area contributed by atoms with Crippen molar-refractivity contribution in [2.75, 3.05) is 6.61 Å². The van der Waals surface area contributed by atoms with E-state index in [0.717, 1.165) is 21.2 Å². The van der Waals surface area contributed by atoms with Crippen LogP contribution in [0.4, 0.5) is 0 Å². The van der Waals surface area contributed by atoms with Gasteiger partial charge in [0.15, 0.2) is 4.80 Å². The SMILES string of the molecule is CCOC(=O)C1=C(c2ccccc2)N=c2s/c(=C\c3ccc(Br)cc3)c(=O)n2[C@@H]1c1ccccc1. The van der Waals surface area contributed by atoms with Crippen LogP contribution in [-0.2, 0) is 9.53 Å². The molecule has 1 aliphatic rings. The lowest BCUT2D eigenvalue weighted by molar-refractivity contribution is -0.138. The van der Waals surface area contributed by atoms with Gasteiger partial charge in [0.1, 0.15) is 0 Å². The van der Waals surface area contributed by atoms with Crippen molar-refractivity contribution in [2.24, 2.45) is 4.99 Å². The lowest BCUT2D eigenvalue weighted by Gasteiger charge is -2.25. The topological polar surface area (TPSA) is 60.7 Å². The predicted molar refractivity (Wildman–Crippen MR) is 142 cm³/mol. The number of thiazole rings is 1. The molecule has 0 radical (unpaired) electrons. The summed E-state index contributed by atoms with van der Waals surface area (Å²) in [5.41, 5.74) is 3.19. The minimum Gasteiger partial charge on any atom is -0.463 e. The third kappa shape index (κ3) is 4.57. The molecule has 0 spiro atoms. The fourth-order valence-corrected chi connectivity index (χ4v) is 5.37. The molecule has 0 saturated carbocycles. The quantitative estimate of drug-likeness (QED) is 0.342. The molecule has 7 heteroatoms. The number of halogens is 1. The molecule has 174 valence electrons. The maximum Gasteiger partial charge on any atom is 0.338 e. The summed E-state index contributed by atoms with van der Waals surface area (Å²) in [6.45, 7) is 1.99. The molecule has 0 aliphatic carbocycles. The molecule has 5 rings (SSSR count). The van der Waals surface area contributed by atoms with E-state index in [1.807, 2.05) is 91.0 Å². The van der Waals surface area contributed by atoms with Crippen LogP contribution < -0.4 is 14.9 Å². The third-order valence-electron chi connectivity index (χ3n) is 5.66. The first-order valence-corrected chi connectivity index (χ1v) is 12.8. The van der Waals surface area contributed by atoms with E-state index >= 15 is 0 Å². The molecule has 35 heavy (non-hydrogen) atoms. The van der Waals surface area contributed by atoms with Crippen molar-refractivity contribution in [1.82, 2.24) is 4.57 Å². The van der Waals surface area contributed by atoms with Gasteiger partial charge in [0, 0.05) is 10.0 Å². The average Bonchev–Trinajstić information content (AvgIpc) is 3.20. The van der Waals surface area contributed by atoms with Gasteiger partial charge in [-0.25, -0.2) is 9.79 Å². The Morgan fingerprint density at radius 1 is 1.03 bits per heavy atom. The first-order valence-electron chi connectivity index (χ1n) is 11.2. The number of benzene rings is 3. The number of ether oxygens (including phenoxy) is 1. The van der Waals surface area contributed by atoms with E-state index in [1.54, 1.807) is 11.5 Å². The van der Waals surface area contributed by atoms with E-state index in [1.165, 1.54) is 11.3 Å². The smallest absolute Gasteiger partial charge is 0.338 e. The fraction of sp³-hybridized carbons (Fsp3) is 0.107. The maximum absolute atomic E-state index is 13.7. The summed E-state index contributed by atoms with van der Waals surface area (Å²) in [7, 11) is 0. The van der Waals surface area contributed by atoms with E-state index in [0.29, 0.717) is 20.6 Å². The van der Waals surface area contributed by atoms with E-state index in [-0.39, 0.29) is 12.2 Å². The van der Waals surface area contributed by atoms with Crippen molar-refractivity contribution < 1.29 is 9.53 Å². The zero-order valence-electron chi connectivity index (χ0n) is 18.9. The molecular formula is C28H21BrN2O3S. The van der Waals surface area contributed by atoms with Crippen LogP contribution in [0.5, 0.6) is 0 Å². The van der Waals surface area contributed by atoms with Crippen molar-refractivity contribution in [3.8, 4) is 0 Å². The van der Waals surface area contributed by atoms with Crippen LogP contribution in [0.15, 0.2) is 105 Å². The van der Waals surface area contributed by atoms with Gasteiger partial charge in [-0.05, 0) is 36.3 Å². The predicted octanol–water partition coefficient (Wildman–Crippen LogP) is 4.70. The average molecular weight is 545 g/mol. The largest absolute Gasteiger partial charge is 0.463 e. The van der Waals surface area contributed by atoms with Gasteiger partial charge < -0.3 is 4.74 Å². The summed E-state index contributed by atoms with van der Waals surface area (Å²) in [5, 5.41) is 0. The maximum atomic E-state index is 13.7. The highest BCUT2D eigenvalue weighted by atomic mass is 79.9. The first kappa shape index (κ1) is 23.2. The van der Waals surface area contributed by atoms with Crippen LogP contribution in [0.1, 0.15) is 29.7 Å². The second kappa shape index (κ2) is 9.98. The fourth-order valence-electron chi connectivity index (χ4n) is 4.10. The number of esters is 1. The van der Waals surface area contributed by atoms with Crippen LogP contribution >= 0.6 is 27.3 Å². The standard InChI is InChI=1S/C28H21BrN2O3S/c1-2-34-27(33)23-24(19-9-5-3-6-10-19)30-28-31(25(23)20-11-7-4-8-12-20)26(32)22(35-28)17-18-13-15-21(29)16-14-18/h3-17,25H,2H2,1H3/b22-17-/t25-/m1/s1. The van der Waals surface area contributed by atoms with Gasteiger partial charge in [-0.1, -0.05) is 100 Å². The zero-order chi connectivity index (χ0) is 24.4. The van der Waals surface area contributed by atoms with Gasteiger partial charge >= 0.3 is 5.97 Å². The molecule has 1 aromatic heterocycles. The Morgan fingerprint density at radius 3 is 2.34 bits per heavy atom. The van der Waals surface area contributed by atoms with Crippen LogP contribution in [0, 0.1) is 0 Å². The van der Waals surface area contributed by atoms with Crippen molar-refractivity contribution in [1.29, 1.82) is 0 Å². The Labute approximate surface area is 214 Å². The third-order valence-corrected chi connectivity index (χ3v) is 7.17. The highest BCUT2D eigenvalue weighted by Crippen LogP contribution is 2.35. The number of rotatable bonds is 5. The van der Waals surface area contributed by atoms with Crippen molar-refractivity contribution in [2.45, 2.75) is 13.0 Å².